The summed E-state index contributed by atoms with van der Waals surface area (Å²) in [5.74, 6) is 0.503. The summed E-state index contributed by atoms with van der Waals surface area (Å²) in [4.78, 5) is 0. The lowest BCUT2D eigenvalue weighted by Gasteiger charge is -2.02. The van der Waals surface area contributed by atoms with Crippen LogP contribution in [0.25, 0.3) is 11.1 Å². The van der Waals surface area contributed by atoms with E-state index < -0.39 is 0 Å². The average molecular weight is 314 g/mol. The number of phenols is 3. The summed E-state index contributed by atoms with van der Waals surface area (Å²) in [7, 11) is 0. The van der Waals surface area contributed by atoms with Crippen molar-refractivity contribution in [1.82, 2.24) is 0 Å². The molecule has 3 aromatic carbocycles. The van der Waals surface area contributed by atoms with E-state index in [-0.39, 0.29) is 25.0 Å². The Hall–Kier alpha value is -2.59. The highest BCUT2D eigenvalue weighted by Crippen LogP contribution is 2.27. The van der Waals surface area contributed by atoms with E-state index in [1.807, 2.05) is 48.5 Å². The van der Waals surface area contributed by atoms with Crippen molar-refractivity contribution in [1.29, 1.82) is 0 Å². The predicted octanol–water partition coefficient (Wildman–Crippen LogP) is 4.27. The third-order valence-corrected chi connectivity index (χ3v) is 2.82. The zero-order valence-electron chi connectivity index (χ0n) is 11.8. The first-order valence-electron chi connectivity index (χ1n) is 6.48. The molecule has 0 radical (unpaired) electrons. The van der Waals surface area contributed by atoms with Gasteiger partial charge in [-0.1, -0.05) is 54.6 Å². The second-order valence-electron chi connectivity index (χ2n) is 4.40. The quantitative estimate of drug-likeness (QED) is 0.628. The summed E-state index contributed by atoms with van der Waals surface area (Å²) >= 11 is 0. The van der Waals surface area contributed by atoms with Gasteiger partial charge in [-0.3, -0.25) is 0 Å². The number of hydrogen-bond acceptors (Lipinski definition) is 3. The van der Waals surface area contributed by atoms with Gasteiger partial charge >= 0.3 is 0 Å². The first kappa shape index (κ1) is 17.5. The van der Waals surface area contributed by atoms with Gasteiger partial charge in [-0.2, -0.15) is 13.5 Å². The van der Waals surface area contributed by atoms with Gasteiger partial charge in [0.05, 0.1) is 0 Å². The topological polar surface area (TPSA) is 60.7 Å². The van der Waals surface area contributed by atoms with Crippen molar-refractivity contribution < 1.29 is 15.3 Å². The number of hydrogen-bond donors (Lipinski definition) is 3. The summed E-state index contributed by atoms with van der Waals surface area (Å²) in [6.07, 6.45) is 0. The van der Waals surface area contributed by atoms with Crippen molar-refractivity contribution >= 4 is 13.5 Å². The largest absolute Gasteiger partial charge is 0.508 e. The van der Waals surface area contributed by atoms with Crippen LogP contribution in [0.15, 0.2) is 78.9 Å². The number of phenolic OH excluding ortho intramolecular Hbond substituents is 3. The molecule has 3 aromatic rings. The Morgan fingerprint density at radius 1 is 0.545 bits per heavy atom. The summed E-state index contributed by atoms with van der Waals surface area (Å²) in [5, 5.41) is 26.9. The van der Waals surface area contributed by atoms with Crippen LogP contribution in [0.4, 0.5) is 0 Å². The maximum Gasteiger partial charge on any atom is 0.123 e. The van der Waals surface area contributed by atoms with Crippen LogP contribution in [0, 0.1) is 0 Å². The molecule has 0 aliphatic rings. The van der Waals surface area contributed by atoms with Crippen LogP contribution in [0.1, 0.15) is 0 Å². The van der Waals surface area contributed by atoms with E-state index in [4.69, 9.17) is 10.2 Å². The second-order valence-corrected chi connectivity index (χ2v) is 4.40. The molecule has 0 aliphatic carbocycles. The number of rotatable bonds is 1. The van der Waals surface area contributed by atoms with Crippen LogP contribution in [0.5, 0.6) is 17.2 Å². The Bertz CT molecular complexity index is 682. The molecule has 3 N–H and O–H groups in total. The molecule has 3 rings (SSSR count). The van der Waals surface area contributed by atoms with Gasteiger partial charge in [-0.25, -0.2) is 0 Å². The lowest BCUT2D eigenvalue weighted by atomic mass is 10.1. The maximum absolute atomic E-state index is 9.56. The molecule has 0 spiro atoms. The minimum atomic E-state index is 0. The summed E-state index contributed by atoms with van der Waals surface area (Å²) in [5.41, 5.74) is 1.92. The lowest BCUT2D eigenvalue weighted by Crippen LogP contribution is -1.76. The van der Waals surface area contributed by atoms with Crippen molar-refractivity contribution in [2.24, 2.45) is 0 Å². The predicted molar refractivity (Wildman–Crippen MR) is 93.7 cm³/mol. The van der Waals surface area contributed by atoms with E-state index in [9.17, 15) is 5.11 Å². The molecule has 0 aliphatic heterocycles. The molecule has 4 heteroatoms. The monoisotopic (exact) mass is 314 g/mol. The molecule has 114 valence electrons. The van der Waals surface area contributed by atoms with E-state index in [1.54, 1.807) is 12.1 Å². The molecular formula is C18H18O3S. The normalized spacial score (nSPS) is 9.09. The van der Waals surface area contributed by atoms with Gasteiger partial charge < -0.3 is 15.3 Å². The molecule has 0 aromatic heterocycles. The molecule has 3 nitrogen and oxygen atoms in total. The van der Waals surface area contributed by atoms with Crippen LogP contribution >= 0.6 is 13.5 Å². The van der Waals surface area contributed by atoms with Gasteiger partial charge in [0.1, 0.15) is 17.2 Å². The van der Waals surface area contributed by atoms with Crippen LogP contribution < -0.4 is 0 Å². The third kappa shape index (κ3) is 5.07. The average Bonchev–Trinajstić information content (AvgIpc) is 2.49. The molecule has 22 heavy (non-hydrogen) atoms. The van der Waals surface area contributed by atoms with Gasteiger partial charge in [-0.15, -0.1) is 0 Å². The zero-order valence-corrected chi connectivity index (χ0v) is 12.8. The smallest absolute Gasteiger partial charge is 0.123 e. The number of aromatic hydroxyl groups is 3. The number of para-hydroxylation sites is 1. The molecular weight excluding hydrogens is 296 g/mol. The second kappa shape index (κ2) is 8.64. The van der Waals surface area contributed by atoms with Gasteiger partial charge in [-0.05, 0) is 23.8 Å². The number of benzene rings is 3. The molecule has 0 fully saturated rings. The van der Waals surface area contributed by atoms with E-state index in [1.165, 1.54) is 18.2 Å². The highest BCUT2D eigenvalue weighted by atomic mass is 32.1. The molecule has 0 saturated carbocycles. The minimum Gasteiger partial charge on any atom is -0.508 e. The Labute approximate surface area is 136 Å². The van der Waals surface area contributed by atoms with Crippen LogP contribution in [-0.2, 0) is 0 Å². The van der Waals surface area contributed by atoms with Crippen molar-refractivity contribution in [2.75, 3.05) is 0 Å². The minimum absolute atomic E-state index is 0. The highest BCUT2D eigenvalue weighted by molar-refractivity contribution is 7.59. The molecule has 0 bridgehead atoms. The summed E-state index contributed by atoms with van der Waals surface area (Å²) in [6, 6.07) is 23.0. The fourth-order valence-corrected chi connectivity index (χ4v) is 1.83. The Kier molecular flexibility index (Phi) is 6.86. The molecule has 0 unspecified atom stereocenters. The third-order valence-electron chi connectivity index (χ3n) is 2.82. The molecule has 0 atom stereocenters. The summed E-state index contributed by atoms with van der Waals surface area (Å²) in [6.45, 7) is 0. The van der Waals surface area contributed by atoms with E-state index in [2.05, 4.69) is 0 Å². The SMILES string of the molecule is Oc1cccc(O)c1.Oc1ccccc1-c1ccccc1.S. The van der Waals surface area contributed by atoms with Crippen molar-refractivity contribution in [3.05, 3.63) is 78.9 Å². The Balaban J connectivity index is 0.000000234. The zero-order chi connectivity index (χ0) is 15.1. The van der Waals surface area contributed by atoms with E-state index in [0.717, 1.165) is 11.1 Å². The Morgan fingerprint density at radius 2 is 1.09 bits per heavy atom. The fraction of sp³-hybridized carbons (Fsp3) is 0. The van der Waals surface area contributed by atoms with Crippen LogP contribution in [0.2, 0.25) is 0 Å². The molecule has 0 heterocycles. The molecule has 0 saturated heterocycles. The highest BCUT2D eigenvalue weighted by Gasteiger charge is 2.00. The molecule has 0 amide bonds. The first-order chi connectivity index (χ1) is 10.2. The van der Waals surface area contributed by atoms with Crippen LogP contribution in [0.3, 0.4) is 0 Å². The van der Waals surface area contributed by atoms with Crippen molar-refractivity contribution in [3.63, 3.8) is 0 Å². The lowest BCUT2D eigenvalue weighted by molar-refractivity contribution is 0.450. The fourth-order valence-electron chi connectivity index (χ4n) is 1.83. The van der Waals surface area contributed by atoms with Crippen LogP contribution in [-0.4, -0.2) is 15.3 Å². The van der Waals surface area contributed by atoms with Crippen molar-refractivity contribution in [2.45, 2.75) is 0 Å². The summed E-state index contributed by atoms with van der Waals surface area (Å²) < 4.78 is 0. The maximum atomic E-state index is 9.56. The standard InChI is InChI=1S/C12H10O.C6H6O2.H2S/c13-12-9-5-4-8-11(12)10-6-2-1-3-7-10;7-5-2-1-3-6(8)4-5;/h1-9,13H;1-4,7-8H;1H2. The van der Waals surface area contributed by atoms with Gasteiger partial charge in [0.15, 0.2) is 0 Å². The van der Waals surface area contributed by atoms with Gasteiger partial charge in [0, 0.05) is 11.6 Å². The van der Waals surface area contributed by atoms with Gasteiger partial charge in [0.25, 0.3) is 0 Å². The van der Waals surface area contributed by atoms with E-state index >= 15 is 0 Å². The Morgan fingerprint density at radius 3 is 1.59 bits per heavy atom. The van der Waals surface area contributed by atoms with Gasteiger partial charge in [0.2, 0.25) is 0 Å². The van der Waals surface area contributed by atoms with Crippen molar-refractivity contribution in [3.8, 4) is 28.4 Å². The van der Waals surface area contributed by atoms with E-state index in [0.29, 0.717) is 5.75 Å². The first-order valence-corrected chi connectivity index (χ1v) is 6.48.